The van der Waals surface area contributed by atoms with E-state index in [1.54, 1.807) is 0 Å². The summed E-state index contributed by atoms with van der Waals surface area (Å²) in [4.78, 5) is 11.0. The average molecular weight is 340 g/mol. The first-order valence-electron chi connectivity index (χ1n) is 6.92. The van der Waals surface area contributed by atoms with Crippen molar-refractivity contribution in [2.45, 2.75) is 68.3 Å². The number of carboxylic acid groups (broad SMARTS) is 1. The third-order valence-corrected chi connectivity index (χ3v) is 3.91. The van der Waals surface area contributed by atoms with E-state index >= 15 is 0 Å². The molecule has 7 N–H and O–H groups in total. The maximum atomic E-state index is 11.0. The number of aliphatic hydroxyl groups excluding tert-OH is 6. The molecule has 11 nitrogen and oxygen atoms in total. The van der Waals surface area contributed by atoms with Crippen LogP contribution in [0.2, 0.25) is 0 Å². The van der Waals surface area contributed by atoms with Crippen molar-refractivity contribution in [2.75, 3.05) is 0 Å². The lowest BCUT2D eigenvalue weighted by molar-refractivity contribution is -0.355. The number of hydrogen-bond donors (Lipinski definition) is 7. The van der Waals surface area contributed by atoms with Gasteiger partial charge in [-0.25, -0.2) is 4.79 Å². The summed E-state index contributed by atoms with van der Waals surface area (Å²) >= 11 is 0. The van der Waals surface area contributed by atoms with Crippen molar-refractivity contribution < 1.29 is 54.8 Å². The zero-order valence-electron chi connectivity index (χ0n) is 12.0. The molecule has 0 amide bonds. The molecule has 0 unspecified atom stereocenters. The van der Waals surface area contributed by atoms with Gasteiger partial charge in [0.25, 0.3) is 0 Å². The molecule has 2 aliphatic rings. The van der Waals surface area contributed by atoms with Crippen LogP contribution in [-0.4, -0.2) is 103 Å². The highest BCUT2D eigenvalue weighted by atomic mass is 16.7. The Bertz CT molecular complexity index is 431. The smallest absolute Gasteiger partial charge is 0.335 e. The molecule has 134 valence electrons. The molecule has 0 aromatic rings. The van der Waals surface area contributed by atoms with Crippen LogP contribution in [-0.2, 0) is 19.0 Å². The zero-order chi connectivity index (χ0) is 17.5. The van der Waals surface area contributed by atoms with Gasteiger partial charge in [0.15, 0.2) is 18.7 Å². The van der Waals surface area contributed by atoms with Gasteiger partial charge in [0.2, 0.25) is 0 Å². The molecule has 0 aromatic heterocycles. The molecule has 0 radical (unpaired) electrons. The second-order valence-electron chi connectivity index (χ2n) is 5.55. The van der Waals surface area contributed by atoms with Crippen molar-refractivity contribution in [2.24, 2.45) is 0 Å². The number of aliphatic hydroxyl groups is 6. The molecular formula is C12H20O11. The molecule has 10 atom stereocenters. The van der Waals surface area contributed by atoms with Gasteiger partial charge in [0, 0.05) is 0 Å². The highest BCUT2D eigenvalue weighted by Crippen LogP contribution is 2.28. The van der Waals surface area contributed by atoms with E-state index in [2.05, 4.69) is 0 Å². The Morgan fingerprint density at radius 3 is 2.04 bits per heavy atom. The summed E-state index contributed by atoms with van der Waals surface area (Å²) in [5, 5.41) is 67.3. The molecule has 2 fully saturated rings. The lowest BCUT2D eigenvalue weighted by atomic mass is 9.97. The monoisotopic (exact) mass is 340 g/mol. The third-order valence-electron chi connectivity index (χ3n) is 3.91. The molecule has 2 rings (SSSR count). The predicted octanol–water partition coefficient (Wildman–Crippen LogP) is -4.28. The van der Waals surface area contributed by atoms with E-state index in [1.807, 2.05) is 0 Å². The van der Waals surface area contributed by atoms with Crippen molar-refractivity contribution in [3.05, 3.63) is 0 Å². The Balaban J connectivity index is 2.12. The normalized spacial score (nSPS) is 51.4. The third kappa shape index (κ3) is 3.47. The lowest BCUT2D eigenvalue weighted by Crippen LogP contribution is -2.64. The molecule has 2 aliphatic heterocycles. The van der Waals surface area contributed by atoms with Crippen LogP contribution < -0.4 is 0 Å². The number of aliphatic carboxylic acids is 1. The molecule has 11 heteroatoms. The van der Waals surface area contributed by atoms with Crippen molar-refractivity contribution in [3.8, 4) is 0 Å². The van der Waals surface area contributed by atoms with Crippen molar-refractivity contribution in [3.63, 3.8) is 0 Å². The quantitative estimate of drug-likeness (QED) is 0.263. The first kappa shape index (κ1) is 18.4. The Hall–Kier alpha value is -0.890. The van der Waals surface area contributed by atoms with Crippen LogP contribution in [0.15, 0.2) is 0 Å². The van der Waals surface area contributed by atoms with Gasteiger partial charge < -0.3 is 50.0 Å². The highest BCUT2D eigenvalue weighted by Gasteiger charge is 2.51. The van der Waals surface area contributed by atoms with Crippen LogP contribution >= 0.6 is 0 Å². The first-order chi connectivity index (χ1) is 10.6. The Labute approximate surface area is 130 Å². The first-order valence-corrected chi connectivity index (χ1v) is 6.92. The molecule has 0 spiro atoms. The Morgan fingerprint density at radius 2 is 1.48 bits per heavy atom. The maximum Gasteiger partial charge on any atom is 0.335 e. The molecule has 0 bridgehead atoms. The van der Waals surface area contributed by atoms with E-state index in [0.717, 1.165) is 0 Å². The van der Waals surface area contributed by atoms with Crippen LogP contribution in [0.25, 0.3) is 0 Å². The van der Waals surface area contributed by atoms with Gasteiger partial charge in [-0.3, -0.25) is 0 Å². The molecular weight excluding hydrogens is 320 g/mol. The summed E-state index contributed by atoms with van der Waals surface area (Å²) in [6, 6.07) is 0. The number of hydrogen-bond acceptors (Lipinski definition) is 10. The largest absolute Gasteiger partial charge is 0.479 e. The van der Waals surface area contributed by atoms with E-state index in [4.69, 9.17) is 19.3 Å². The summed E-state index contributed by atoms with van der Waals surface area (Å²) in [5.74, 6) is -1.60. The minimum absolute atomic E-state index is 0.892. The van der Waals surface area contributed by atoms with Gasteiger partial charge in [-0.1, -0.05) is 0 Å². The minimum atomic E-state index is -1.90. The van der Waals surface area contributed by atoms with Crippen molar-refractivity contribution in [1.29, 1.82) is 0 Å². The van der Waals surface area contributed by atoms with Gasteiger partial charge >= 0.3 is 5.97 Å². The van der Waals surface area contributed by atoms with Crippen molar-refractivity contribution >= 4 is 5.97 Å². The molecule has 23 heavy (non-hydrogen) atoms. The van der Waals surface area contributed by atoms with Crippen LogP contribution in [0.5, 0.6) is 0 Å². The summed E-state index contributed by atoms with van der Waals surface area (Å²) in [6.45, 7) is 1.40. The van der Waals surface area contributed by atoms with E-state index < -0.39 is 67.4 Å². The second kappa shape index (κ2) is 6.93. The fourth-order valence-corrected chi connectivity index (χ4v) is 2.49. The number of carboxylic acids is 1. The van der Waals surface area contributed by atoms with Crippen LogP contribution in [0.3, 0.4) is 0 Å². The molecule has 0 saturated carbocycles. The summed E-state index contributed by atoms with van der Waals surface area (Å²) < 4.78 is 14.9. The van der Waals surface area contributed by atoms with E-state index in [0.29, 0.717) is 0 Å². The fourth-order valence-electron chi connectivity index (χ4n) is 2.49. The Morgan fingerprint density at radius 1 is 0.870 bits per heavy atom. The SMILES string of the molecule is C[C@@H]1O[C@@H](O)[C@@H](O[C@H]2O[C@H](C(=O)O)[C@@H](O)[C@H](O)[C@H]2O)[C@H](O)[C@@H]1O. The molecule has 0 aliphatic carbocycles. The van der Waals surface area contributed by atoms with Gasteiger partial charge in [-0.15, -0.1) is 0 Å². The van der Waals surface area contributed by atoms with E-state index in [1.165, 1.54) is 6.92 Å². The number of rotatable bonds is 3. The van der Waals surface area contributed by atoms with Crippen molar-refractivity contribution in [1.82, 2.24) is 0 Å². The van der Waals surface area contributed by atoms with E-state index in [-0.39, 0.29) is 0 Å². The van der Waals surface area contributed by atoms with Crippen LogP contribution in [0.1, 0.15) is 6.92 Å². The van der Waals surface area contributed by atoms with Gasteiger partial charge in [0.05, 0.1) is 6.10 Å². The minimum Gasteiger partial charge on any atom is -0.479 e. The molecule has 2 heterocycles. The van der Waals surface area contributed by atoms with Gasteiger partial charge in [-0.2, -0.15) is 0 Å². The Kier molecular flexibility index (Phi) is 5.56. The molecule has 2 saturated heterocycles. The predicted molar refractivity (Wildman–Crippen MR) is 67.8 cm³/mol. The zero-order valence-corrected chi connectivity index (χ0v) is 12.0. The number of ether oxygens (including phenoxy) is 3. The lowest BCUT2D eigenvalue weighted by Gasteiger charge is -2.44. The molecule has 0 aromatic carbocycles. The van der Waals surface area contributed by atoms with E-state index in [9.17, 15) is 35.4 Å². The number of carbonyl (C=O) groups is 1. The van der Waals surface area contributed by atoms with Gasteiger partial charge in [-0.05, 0) is 6.92 Å². The van der Waals surface area contributed by atoms with Crippen LogP contribution in [0.4, 0.5) is 0 Å². The van der Waals surface area contributed by atoms with Crippen LogP contribution in [0, 0.1) is 0 Å². The summed E-state index contributed by atoms with van der Waals surface area (Å²) in [5.41, 5.74) is 0. The fraction of sp³-hybridized carbons (Fsp3) is 0.917. The summed E-state index contributed by atoms with van der Waals surface area (Å²) in [6.07, 6.45) is -16.5. The van der Waals surface area contributed by atoms with Gasteiger partial charge in [0.1, 0.15) is 36.6 Å². The standard InChI is InChI=1S/C12H20O11/c1-2-3(13)5(15)9(11(20)21-2)23-12-7(17)4(14)6(16)8(22-12)10(18)19/h2-9,11-17,20H,1H3,(H,18,19)/t2-,3+,4-,5+,6-,7+,8-,9-,11+,12+/m0/s1. The highest BCUT2D eigenvalue weighted by molar-refractivity contribution is 5.73. The topological polar surface area (TPSA) is 186 Å². The maximum absolute atomic E-state index is 11.0. The second-order valence-corrected chi connectivity index (χ2v) is 5.55. The summed E-state index contributed by atoms with van der Waals surface area (Å²) in [7, 11) is 0. The average Bonchev–Trinajstić information content (AvgIpc) is 2.48.